The molecule has 20 heavy (non-hydrogen) atoms. The number of hydrogen-bond acceptors (Lipinski definition) is 3. The summed E-state index contributed by atoms with van der Waals surface area (Å²) in [7, 11) is -3.49. The summed E-state index contributed by atoms with van der Waals surface area (Å²) in [6.07, 6.45) is 3.49. The maximum Gasteiger partial charge on any atom is 0.240 e. The Kier molecular flexibility index (Phi) is 4.76. The van der Waals surface area contributed by atoms with Crippen LogP contribution in [0.15, 0.2) is 21.5 Å². The smallest absolute Gasteiger partial charge is 0.240 e. The Labute approximate surface area is 129 Å². The van der Waals surface area contributed by atoms with Gasteiger partial charge >= 0.3 is 0 Å². The summed E-state index contributed by atoms with van der Waals surface area (Å²) in [4.78, 5) is 0.267. The van der Waals surface area contributed by atoms with Crippen LogP contribution in [0, 0.1) is 18.8 Å². The quantitative estimate of drug-likeness (QED) is 0.810. The second-order valence-corrected chi connectivity index (χ2v) is 8.25. The predicted molar refractivity (Wildman–Crippen MR) is 85.0 cm³/mol. The summed E-state index contributed by atoms with van der Waals surface area (Å²) in [6.45, 7) is 4.48. The zero-order valence-corrected chi connectivity index (χ0v) is 14.2. The van der Waals surface area contributed by atoms with Gasteiger partial charge in [-0.05, 0) is 58.8 Å². The number of hydrogen-bond donors (Lipinski definition) is 2. The van der Waals surface area contributed by atoms with Gasteiger partial charge in [-0.1, -0.05) is 19.8 Å². The van der Waals surface area contributed by atoms with E-state index < -0.39 is 10.0 Å². The van der Waals surface area contributed by atoms with Gasteiger partial charge in [0.15, 0.2) is 0 Å². The van der Waals surface area contributed by atoms with Crippen LogP contribution in [0.4, 0.5) is 5.69 Å². The van der Waals surface area contributed by atoms with Gasteiger partial charge < -0.3 is 5.73 Å². The molecule has 0 amide bonds. The fourth-order valence-electron chi connectivity index (χ4n) is 2.78. The van der Waals surface area contributed by atoms with Crippen LogP contribution >= 0.6 is 15.9 Å². The number of anilines is 1. The average Bonchev–Trinajstić information content (AvgIpc) is 2.77. The zero-order chi connectivity index (χ0) is 14.9. The molecule has 0 spiro atoms. The Hall–Kier alpha value is -0.590. The fourth-order valence-corrected chi connectivity index (χ4v) is 4.59. The first-order valence-corrected chi connectivity index (χ1v) is 9.14. The first-order chi connectivity index (χ1) is 9.31. The molecule has 112 valence electrons. The summed E-state index contributed by atoms with van der Waals surface area (Å²) in [5.74, 6) is 1.03. The highest BCUT2D eigenvalue weighted by Gasteiger charge is 2.26. The third-order valence-electron chi connectivity index (χ3n) is 4.16. The van der Waals surface area contributed by atoms with Crippen molar-refractivity contribution in [2.45, 2.75) is 38.0 Å². The summed E-state index contributed by atoms with van der Waals surface area (Å²) >= 11 is 3.31. The molecule has 1 aliphatic carbocycles. The van der Waals surface area contributed by atoms with Crippen LogP contribution in [-0.4, -0.2) is 15.0 Å². The molecule has 1 aromatic rings. The van der Waals surface area contributed by atoms with E-state index in [1.54, 1.807) is 13.0 Å². The number of nitrogen functional groups attached to an aromatic ring is 1. The third kappa shape index (κ3) is 3.35. The molecule has 0 aromatic heterocycles. The van der Waals surface area contributed by atoms with Crippen LogP contribution in [0.1, 0.15) is 31.7 Å². The van der Waals surface area contributed by atoms with Gasteiger partial charge in [0.25, 0.3) is 0 Å². The summed E-state index contributed by atoms with van der Waals surface area (Å²) < 4.78 is 28.3. The summed E-state index contributed by atoms with van der Waals surface area (Å²) in [5, 5.41) is 0. The molecule has 2 atom stereocenters. The molecular weight excluding hydrogens is 340 g/mol. The van der Waals surface area contributed by atoms with Gasteiger partial charge in [0.05, 0.1) is 4.90 Å². The minimum atomic E-state index is -3.49. The lowest BCUT2D eigenvalue weighted by Crippen LogP contribution is -2.30. The molecular formula is C14H21BrN2O2S. The SMILES string of the molecule is Cc1cc(Br)c(N)cc1S(=O)(=O)NCC1CCCC1C. The normalized spacial score (nSPS) is 23.1. The Morgan fingerprint density at radius 2 is 2.10 bits per heavy atom. The van der Waals surface area contributed by atoms with Gasteiger partial charge in [0.2, 0.25) is 10.0 Å². The molecule has 0 heterocycles. The van der Waals surface area contributed by atoms with Gasteiger partial charge in [-0.25, -0.2) is 13.1 Å². The second kappa shape index (κ2) is 6.03. The molecule has 1 aromatic carbocycles. The van der Waals surface area contributed by atoms with Gasteiger partial charge in [-0.2, -0.15) is 0 Å². The van der Waals surface area contributed by atoms with E-state index >= 15 is 0 Å². The van der Waals surface area contributed by atoms with Crippen LogP contribution in [0.3, 0.4) is 0 Å². The van der Waals surface area contributed by atoms with E-state index in [1.165, 1.54) is 18.9 Å². The van der Waals surface area contributed by atoms with Crippen molar-refractivity contribution in [1.82, 2.24) is 4.72 Å². The Bertz CT molecular complexity index is 601. The van der Waals surface area contributed by atoms with Crippen molar-refractivity contribution < 1.29 is 8.42 Å². The number of benzene rings is 1. The van der Waals surface area contributed by atoms with Crippen LogP contribution in [0.2, 0.25) is 0 Å². The van der Waals surface area contributed by atoms with Crippen LogP contribution in [0.25, 0.3) is 0 Å². The molecule has 0 radical (unpaired) electrons. The molecule has 6 heteroatoms. The minimum Gasteiger partial charge on any atom is -0.398 e. The van der Waals surface area contributed by atoms with E-state index in [4.69, 9.17) is 5.73 Å². The highest BCUT2D eigenvalue weighted by Crippen LogP contribution is 2.31. The Balaban J connectivity index is 2.16. The topological polar surface area (TPSA) is 72.2 Å². The zero-order valence-electron chi connectivity index (χ0n) is 11.8. The lowest BCUT2D eigenvalue weighted by molar-refractivity contribution is 0.414. The predicted octanol–water partition coefficient (Wildman–Crippen LogP) is 3.05. The first kappa shape index (κ1) is 15.8. The Morgan fingerprint density at radius 1 is 1.40 bits per heavy atom. The summed E-state index contributed by atoms with van der Waals surface area (Å²) in [5.41, 5.74) is 6.92. The molecule has 3 N–H and O–H groups in total. The second-order valence-electron chi connectivity index (χ2n) is 5.66. The molecule has 2 unspecified atom stereocenters. The lowest BCUT2D eigenvalue weighted by atomic mass is 9.99. The van der Waals surface area contributed by atoms with E-state index in [2.05, 4.69) is 27.6 Å². The van der Waals surface area contributed by atoms with Crippen molar-refractivity contribution in [3.8, 4) is 0 Å². The van der Waals surface area contributed by atoms with Crippen molar-refractivity contribution in [2.24, 2.45) is 11.8 Å². The molecule has 2 rings (SSSR count). The number of aryl methyl sites for hydroxylation is 1. The minimum absolute atomic E-state index is 0.267. The molecule has 0 saturated heterocycles. The maximum absolute atomic E-state index is 12.4. The van der Waals surface area contributed by atoms with Crippen molar-refractivity contribution in [3.63, 3.8) is 0 Å². The Morgan fingerprint density at radius 3 is 2.70 bits per heavy atom. The molecule has 0 aliphatic heterocycles. The fraction of sp³-hybridized carbons (Fsp3) is 0.571. The molecule has 1 fully saturated rings. The largest absolute Gasteiger partial charge is 0.398 e. The van der Waals surface area contributed by atoms with Crippen molar-refractivity contribution >= 4 is 31.6 Å². The van der Waals surface area contributed by atoms with E-state index in [-0.39, 0.29) is 4.90 Å². The molecule has 1 saturated carbocycles. The van der Waals surface area contributed by atoms with Crippen molar-refractivity contribution in [1.29, 1.82) is 0 Å². The van der Waals surface area contributed by atoms with Crippen LogP contribution in [0.5, 0.6) is 0 Å². The van der Waals surface area contributed by atoms with Crippen LogP contribution < -0.4 is 10.5 Å². The van der Waals surface area contributed by atoms with E-state index in [0.29, 0.717) is 29.6 Å². The van der Waals surface area contributed by atoms with Crippen LogP contribution in [-0.2, 0) is 10.0 Å². The number of sulfonamides is 1. The summed E-state index contributed by atoms with van der Waals surface area (Å²) in [6, 6.07) is 3.25. The number of halogens is 1. The van der Waals surface area contributed by atoms with Gasteiger partial charge in [0.1, 0.15) is 0 Å². The molecule has 4 nitrogen and oxygen atoms in total. The van der Waals surface area contributed by atoms with Crippen molar-refractivity contribution in [3.05, 3.63) is 22.2 Å². The number of rotatable bonds is 4. The monoisotopic (exact) mass is 360 g/mol. The van der Waals surface area contributed by atoms with E-state index in [0.717, 1.165) is 10.9 Å². The number of nitrogens with two attached hydrogens (primary N) is 1. The van der Waals surface area contributed by atoms with Gasteiger partial charge in [-0.15, -0.1) is 0 Å². The van der Waals surface area contributed by atoms with E-state index in [1.807, 2.05) is 0 Å². The molecule has 1 aliphatic rings. The molecule has 0 bridgehead atoms. The van der Waals surface area contributed by atoms with Gasteiger partial charge in [0, 0.05) is 16.7 Å². The highest BCUT2D eigenvalue weighted by molar-refractivity contribution is 9.10. The van der Waals surface area contributed by atoms with E-state index in [9.17, 15) is 8.42 Å². The highest BCUT2D eigenvalue weighted by atomic mass is 79.9. The first-order valence-electron chi connectivity index (χ1n) is 6.86. The standard InChI is InChI=1S/C14H21BrN2O2S/c1-9-4-3-5-11(9)8-17-20(18,19)14-7-13(16)12(15)6-10(14)2/h6-7,9,11,17H,3-5,8,16H2,1-2H3. The van der Waals surface area contributed by atoms with Crippen molar-refractivity contribution in [2.75, 3.05) is 12.3 Å². The third-order valence-corrected chi connectivity index (χ3v) is 6.41. The average molecular weight is 361 g/mol. The van der Waals surface area contributed by atoms with Gasteiger partial charge in [-0.3, -0.25) is 0 Å². The maximum atomic E-state index is 12.4. The lowest BCUT2D eigenvalue weighted by Gasteiger charge is -2.17. The number of nitrogens with one attached hydrogen (secondary N) is 1.